The molecule has 1 unspecified atom stereocenters. The third kappa shape index (κ3) is 1.64. The average molecular weight is 224 g/mol. The standard InChI is InChI=1S/C9H8NO2PS/c11-13(12,9-10-6-7-14-9)8-4-2-1-3-5-8/h1-7H,(H,11,12)/p-1. The van der Waals surface area contributed by atoms with E-state index in [1.165, 1.54) is 6.20 Å². The Bertz CT molecular complexity index is 455. The van der Waals surface area contributed by atoms with Crippen molar-refractivity contribution in [2.24, 2.45) is 0 Å². The lowest BCUT2D eigenvalue weighted by molar-refractivity contribution is -0.167. The first-order valence-electron chi connectivity index (χ1n) is 3.98. The zero-order chi connectivity index (χ0) is 10.0. The van der Waals surface area contributed by atoms with Crippen molar-refractivity contribution >= 4 is 28.8 Å². The summed E-state index contributed by atoms with van der Waals surface area (Å²) in [6, 6.07) is 8.34. The lowest BCUT2D eigenvalue weighted by Gasteiger charge is -2.20. The Kier molecular flexibility index (Phi) is 2.50. The molecule has 14 heavy (non-hydrogen) atoms. The molecule has 0 spiro atoms. The molecule has 2 rings (SSSR count). The highest BCUT2D eigenvalue weighted by molar-refractivity contribution is 7.76. The molecule has 3 nitrogen and oxygen atoms in total. The monoisotopic (exact) mass is 224 g/mol. The van der Waals surface area contributed by atoms with Gasteiger partial charge in [-0.25, -0.2) is 4.98 Å². The van der Waals surface area contributed by atoms with E-state index in [9.17, 15) is 9.46 Å². The third-order valence-corrected chi connectivity index (χ3v) is 4.98. The molecule has 0 aliphatic carbocycles. The second-order valence-corrected chi connectivity index (χ2v) is 5.94. The fourth-order valence-electron chi connectivity index (χ4n) is 1.10. The predicted octanol–water partition coefficient (Wildman–Crippen LogP) is 0.732. The molecule has 0 fully saturated rings. The van der Waals surface area contributed by atoms with Crippen molar-refractivity contribution < 1.29 is 9.46 Å². The van der Waals surface area contributed by atoms with Crippen LogP contribution in [0, 0.1) is 0 Å². The number of nitrogens with zero attached hydrogens (tertiary/aromatic N) is 1. The van der Waals surface area contributed by atoms with Crippen LogP contribution in [-0.2, 0) is 4.57 Å². The normalized spacial score (nSPS) is 14.9. The molecule has 0 aliphatic rings. The van der Waals surface area contributed by atoms with Gasteiger partial charge in [0.2, 0.25) is 0 Å². The largest absolute Gasteiger partial charge is 0.791 e. The summed E-state index contributed by atoms with van der Waals surface area (Å²) in [5.74, 6) is 0. The van der Waals surface area contributed by atoms with E-state index < -0.39 is 7.37 Å². The van der Waals surface area contributed by atoms with Gasteiger partial charge in [-0.05, 0) is 0 Å². The molecule has 1 atom stereocenters. The van der Waals surface area contributed by atoms with Gasteiger partial charge in [-0.3, -0.25) is 0 Å². The maximum Gasteiger partial charge on any atom is 0.143 e. The highest BCUT2D eigenvalue weighted by Gasteiger charge is 2.15. The van der Waals surface area contributed by atoms with E-state index in [-0.39, 0.29) is 4.75 Å². The van der Waals surface area contributed by atoms with Gasteiger partial charge in [0.1, 0.15) is 12.1 Å². The van der Waals surface area contributed by atoms with Crippen LogP contribution in [0.4, 0.5) is 0 Å². The minimum absolute atomic E-state index is 0.170. The van der Waals surface area contributed by atoms with Crippen molar-refractivity contribution in [1.29, 1.82) is 0 Å². The maximum absolute atomic E-state index is 11.9. The molecule has 0 saturated heterocycles. The van der Waals surface area contributed by atoms with E-state index in [0.717, 1.165) is 11.3 Å². The first-order valence-corrected chi connectivity index (χ1v) is 6.48. The molecular formula is C9H7NO2PS-. The predicted molar refractivity (Wildman–Crippen MR) is 55.4 cm³/mol. The molecule has 0 radical (unpaired) electrons. The first-order chi connectivity index (χ1) is 6.71. The van der Waals surface area contributed by atoms with Gasteiger partial charge in [0.15, 0.2) is 0 Å². The lowest BCUT2D eigenvalue weighted by atomic mass is 10.4. The molecule has 0 aliphatic heterocycles. The van der Waals surface area contributed by atoms with Gasteiger partial charge in [-0.15, -0.1) is 11.3 Å². The Morgan fingerprint density at radius 1 is 1.29 bits per heavy atom. The van der Waals surface area contributed by atoms with Crippen LogP contribution in [0.25, 0.3) is 0 Å². The number of benzene rings is 1. The summed E-state index contributed by atoms with van der Waals surface area (Å²) in [7, 11) is -3.69. The van der Waals surface area contributed by atoms with Crippen molar-refractivity contribution in [3.05, 3.63) is 41.9 Å². The summed E-state index contributed by atoms with van der Waals surface area (Å²) in [5, 5.41) is 1.97. The van der Waals surface area contributed by atoms with Gasteiger partial charge in [-0.2, -0.15) is 0 Å². The number of thiazole rings is 1. The Labute approximate surface area is 85.5 Å². The highest BCUT2D eigenvalue weighted by atomic mass is 32.1. The average Bonchev–Trinajstić information content (AvgIpc) is 2.72. The second kappa shape index (κ2) is 3.65. The van der Waals surface area contributed by atoms with E-state index in [2.05, 4.69) is 4.98 Å². The van der Waals surface area contributed by atoms with E-state index in [1.807, 2.05) is 0 Å². The minimum Gasteiger partial charge on any atom is -0.791 e. The van der Waals surface area contributed by atoms with Gasteiger partial charge in [-0.1, -0.05) is 30.3 Å². The highest BCUT2D eigenvalue weighted by Crippen LogP contribution is 2.33. The molecule has 5 heteroatoms. The van der Waals surface area contributed by atoms with Crippen LogP contribution in [-0.4, -0.2) is 4.98 Å². The van der Waals surface area contributed by atoms with Crippen molar-refractivity contribution in [3.63, 3.8) is 0 Å². The molecular weight excluding hydrogens is 217 g/mol. The maximum atomic E-state index is 11.9. The summed E-state index contributed by atoms with van der Waals surface area (Å²) >= 11 is 1.14. The SMILES string of the molecule is O=P([O-])(c1ccccc1)c1nccs1. The van der Waals surface area contributed by atoms with E-state index in [0.29, 0.717) is 5.30 Å². The third-order valence-electron chi connectivity index (χ3n) is 1.77. The van der Waals surface area contributed by atoms with Gasteiger partial charge < -0.3 is 9.46 Å². The molecule has 0 bridgehead atoms. The van der Waals surface area contributed by atoms with Crippen LogP contribution in [0.2, 0.25) is 0 Å². The van der Waals surface area contributed by atoms with Crippen LogP contribution >= 0.6 is 18.7 Å². The molecule has 0 N–H and O–H groups in total. The number of rotatable bonds is 2. The van der Waals surface area contributed by atoms with Crippen LogP contribution in [0.15, 0.2) is 41.9 Å². The van der Waals surface area contributed by atoms with E-state index in [4.69, 9.17) is 0 Å². The van der Waals surface area contributed by atoms with Crippen molar-refractivity contribution in [2.75, 3.05) is 0 Å². The summed E-state index contributed by atoms with van der Waals surface area (Å²) in [6.45, 7) is 0. The smallest absolute Gasteiger partial charge is 0.143 e. The van der Waals surface area contributed by atoms with Crippen molar-refractivity contribution in [2.45, 2.75) is 0 Å². The number of aromatic nitrogens is 1. The molecule has 0 amide bonds. The first kappa shape index (κ1) is 9.59. The topological polar surface area (TPSA) is 53.0 Å². The Morgan fingerprint density at radius 3 is 2.57 bits per heavy atom. The van der Waals surface area contributed by atoms with Gasteiger partial charge in [0.25, 0.3) is 0 Å². The molecule has 0 saturated carbocycles. The van der Waals surface area contributed by atoms with Gasteiger partial charge in [0, 0.05) is 16.9 Å². The van der Waals surface area contributed by atoms with Crippen LogP contribution in [0.1, 0.15) is 0 Å². The molecule has 2 aromatic rings. The van der Waals surface area contributed by atoms with Crippen molar-refractivity contribution in [3.8, 4) is 0 Å². The molecule has 1 aromatic carbocycles. The van der Waals surface area contributed by atoms with E-state index >= 15 is 0 Å². The van der Waals surface area contributed by atoms with Crippen molar-refractivity contribution in [1.82, 2.24) is 4.98 Å². The Hall–Kier alpha value is -0.960. The van der Waals surface area contributed by atoms with Crippen LogP contribution < -0.4 is 14.9 Å². The summed E-state index contributed by atoms with van der Waals surface area (Å²) in [4.78, 5) is 15.7. The zero-order valence-corrected chi connectivity index (χ0v) is 8.87. The van der Waals surface area contributed by atoms with Crippen LogP contribution in [0.5, 0.6) is 0 Å². The number of hydrogen-bond acceptors (Lipinski definition) is 4. The summed E-state index contributed by atoms with van der Waals surface area (Å²) in [5.41, 5.74) is 0. The molecule has 1 aromatic heterocycles. The summed E-state index contributed by atoms with van der Waals surface area (Å²) in [6.07, 6.45) is 1.49. The molecule has 72 valence electrons. The second-order valence-electron chi connectivity index (χ2n) is 2.70. The van der Waals surface area contributed by atoms with E-state index in [1.54, 1.807) is 35.7 Å². The van der Waals surface area contributed by atoms with Gasteiger partial charge >= 0.3 is 0 Å². The zero-order valence-electron chi connectivity index (χ0n) is 7.16. The fourth-order valence-corrected chi connectivity index (χ4v) is 3.52. The quantitative estimate of drug-likeness (QED) is 0.707. The Morgan fingerprint density at radius 2 is 2.00 bits per heavy atom. The molecule has 1 heterocycles. The fraction of sp³-hybridized carbons (Fsp3) is 0. The van der Waals surface area contributed by atoms with Gasteiger partial charge in [0.05, 0.1) is 0 Å². The summed E-state index contributed by atoms with van der Waals surface area (Å²) < 4.78 is 12.0. The van der Waals surface area contributed by atoms with Crippen LogP contribution in [0.3, 0.4) is 0 Å². The minimum atomic E-state index is -3.69. The Balaban J connectivity index is 2.49. The lowest BCUT2D eigenvalue weighted by Crippen LogP contribution is -2.24. The number of hydrogen-bond donors (Lipinski definition) is 0.